The van der Waals surface area contributed by atoms with Crippen LogP contribution in [0.1, 0.15) is 41.5 Å². The van der Waals surface area contributed by atoms with Crippen LogP contribution in [0.15, 0.2) is 12.1 Å². The van der Waals surface area contributed by atoms with Crippen molar-refractivity contribution >= 4 is 17.4 Å². The zero-order valence-corrected chi connectivity index (χ0v) is 12.4. The van der Waals surface area contributed by atoms with E-state index in [4.69, 9.17) is 4.74 Å². The van der Waals surface area contributed by atoms with Crippen LogP contribution in [0.4, 0.5) is 4.79 Å². The zero-order chi connectivity index (χ0) is 13.7. The fourth-order valence-electron chi connectivity index (χ4n) is 2.42. The van der Waals surface area contributed by atoms with Gasteiger partial charge in [-0.15, -0.1) is 11.3 Å². The first kappa shape index (κ1) is 14.3. The van der Waals surface area contributed by atoms with E-state index in [1.165, 1.54) is 17.7 Å². The lowest BCUT2D eigenvalue weighted by Gasteiger charge is -2.17. The number of amides is 2. The number of hydrogen-bond acceptors (Lipinski definition) is 3. The van der Waals surface area contributed by atoms with Crippen molar-refractivity contribution in [2.45, 2.75) is 44.8 Å². The van der Waals surface area contributed by atoms with Gasteiger partial charge in [0.1, 0.15) is 6.10 Å². The molecule has 0 aromatic carbocycles. The van der Waals surface area contributed by atoms with E-state index in [-0.39, 0.29) is 12.1 Å². The summed E-state index contributed by atoms with van der Waals surface area (Å²) in [5, 5.41) is 5.91. The molecule has 106 valence electrons. The quantitative estimate of drug-likeness (QED) is 0.872. The minimum atomic E-state index is -0.0813. The average molecular weight is 282 g/mol. The highest BCUT2D eigenvalue weighted by atomic mass is 32.1. The minimum Gasteiger partial charge on any atom is -0.374 e. The predicted octanol–water partition coefficient (Wildman–Crippen LogP) is 2.99. The highest BCUT2D eigenvalue weighted by Gasteiger charge is 2.18. The van der Waals surface area contributed by atoms with Crippen LogP contribution in [0.2, 0.25) is 0 Å². The minimum absolute atomic E-state index is 0.0620. The van der Waals surface area contributed by atoms with E-state index in [2.05, 4.69) is 29.7 Å². The van der Waals surface area contributed by atoms with Crippen LogP contribution >= 0.6 is 11.3 Å². The van der Waals surface area contributed by atoms with Gasteiger partial charge in [0.2, 0.25) is 0 Å². The molecule has 1 saturated carbocycles. The summed E-state index contributed by atoms with van der Waals surface area (Å²) in [5.74, 6) is 0. The highest BCUT2D eigenvalue weighted by Crippen LogP contribution is 2.24. The Bertz CT molecular complexity index is 413. The summed E-state index contributed by atoms with van der Waals surface area (Å²) in [4.78, 5) is 14.2. The van der Waals surface area contributed by atoms with Crippen LogP contribution in [-0.2, 0) is 4.74 Å². The van der Waals surface area contributed by atoms with Crippen molar-refractivity contribution in [2.24, 2.45) is 0 Å². The number of carbonyl (C=O) groups is 1. The molecule has 1 aliphatic rings. The Hall–Kier alpha value is -1.07. The Balaban J connectivity index is 1.77. The van der Waals surface area contributed by atoms with Gasteiger partial charge >= 0.3 is 6.03 Å². The number of thiophene rings is 1. The molecule has 2 amide bonds. The summed E-state index contributed by atoms with van der Waals surface area (Å²) >= 11 is 1.71. The summed E-state index contributed by atoms with van der Waals surface area (Å²) < 4.78 is 5.44. The third-order valence-corrected chi connectivity index (χ3v) is 4.59. The molecular formula is C14H22N2O2S. The van der Waals surface area contributed by atoms with Gasteiger partial charge < -0.3 is 15.4 Å². The molecule has 1 aromatic heterocycles. The maximum Gasteiger partial charge on any atom is 0.315 e. The standard InChI is InChI=1S/C14H22N2O2S/c1-10-7-8-13(19-10)12(18-2)9-15-14(17)16-11-5-3-4-6-11/h7-8,11-12H,3-6,9H2,1-2H3,(H2,15,16,17)/t12-/m1/s1. The molecule has 1 aliphatic carbocycles. The first-order valence-corrected chi connectivity index (χ1v) is 7.64. The van der Waals surface area contributed by atoms with E-state index in [0.29, 0.717) is 12.6 Å². The second-order valence-electron chi connectivity index (χ2n) is 5.01. The molecule has 1 heterocycles. The molecule has 1 aromatic rings. The Kier molecular flexibility index (Phi) is 5.22. The number of carbonyl (C=O) groups excluding carboxylic acids is 1. The molecule has 0 bridgehead atoms. The summed E-state index contributed by atoms with van der Waals surface area (Å²) in [5.41, 5.74) is 0. The average Bonchev–Trinajstić information content (AvgIpc) is 3.02. The molecule has 0 saturated heterocycles. The Morgan fingerprint density at radius 2 is 2.21 bits per heavy atom. The van der Waals surface area contributed by atoms with Crippen LogP contribution in [-0.4, -0.2) is 25.7 Å². The monoisotopic (exact) mass is 282 g/mol. The van der Waals surface area contributed by atoms with Crippen molar-refractivity contribution in [3.8, 4) is 0 Å². The maximum atomic E-state index is 11.8. The molecule has 0 unspecified atom stereocenters. The molecule has 19 heavy (non-hydrogen) atoms. The van der Waals surface area contributed by atoms with Crippen molar-refractivity contribution in [3.05, 3.63) is 21.9 Å². The maximum absolute atomic E-state index is 11.8. The van der Waals surface area contributed by atoms with Gasteiger partial charge in [0.15, 0.2) is 0 Å². The van der Waals surface area contributed by atoms with Gasteiger partial charge in [-0.1, -0.05) is 12.8 Å². The Morgan fingerprint density at radius 1 is 1.47 bits per heavy atom. The SMILES string of the molecule is CO[C@H](CNC(=O)NC1CCCC1)c1ccc(C)s1. The van der Waals surface area contributed by atoms with Crippen LogP contribution in [0.3, 0.4) is 0 Å². The molecule has 0 radical (unpaired) electrons. The summed E-state index contributed by atoms with van der Waals surface area (Å²) in [6.07, 6.45) is 4.59. The van der Waals surface area contributed by atoms with Crippen molar-refractivity contribution in [2.75, 3.05) is 13.7 Å². The zero-order valence-electron chi connectivity index (χ0n) is 11.6. The normalized spacial score (nSPS) is 17.4. The first-order valence-electron chi connectivity index (χ1n) is 6.82. The van der Waals surface area contributed by atoms with Crippen LogP contribution in [0, 0.1) is 6.92 Å². The second-order valence-corrected chi connectivity index (χ2v) is 6.33. The number of urea groups is 1. The lowest BCUT2D eigenvalue weighted by molar-refractivity contribution is 0.106. The molecule has 1 atom stereocenters. The lowest BCUT2D eigenvalue weighted by atomic mass is 10.2. The number of aryl methyl sites for hydroxylation is 1. The summed E-state index contributed by atoms with van der Waals surface area (Å²) in [7, 11) is 1.68. The lowest BCUT2D eigenvalue weighted by Crippen LogP contribution is -2.42. The van der Waals surface area contributed by atoms with E-state index in [1.807, 2.05) is 0 Å². The molecule has 2 N–H and O–H groups in total. The van der Waals surface area contributed by atoms with Crippen molar-refractivity contribution < 1.29 is 9.53 Å². The van der Waals surface area contributed by atoms with E-state index in [1.54, 1.807) is 18.4 Å². The number of rotatable bonds is 5. The second kappa shape index (κ2) is 6.91. The largest absolute Gasteiger partial charge is 0.374 e. The van der Waals surface area contributed by atoms with Gasteiger partial charge in [-0.2, -0.15) is 0 Å². The van der Waals surface area contributed by atoms with E-state index in [9.17, 15) is 4.79 Å². The van der Waals surface area contributed by atoms with Gasteiger partial charge in [-0.25, -0.2) is 4.79 Å². The van der Waals surface area contributed by atoms with Gasteiger partial charge in [0.25, 0.3) is 0 Å². The molecule has 2 rings (SSSR count). The van der Waals surface area contributed by atoms with Gasteiger partial charge in [0.05, 0.1) is 6.54 Å². The highest BCUT2D eigenvalue weighted by molar-refractivity contribution is 7.12. The third-order valence-electron chi connectivity index (χ3n) is 3.50. The molecular weight excluding hydrogens is 260 g/mol. The summed E-state index contributed by atoms with van der Waals surface area (Å²) in [6.45, 7) is 2.58. The van der Waals surface area contributed by atoms with Crippen molar-refractivity contribution in [3.63, 3.8) is 0 Å². The fourth-order valence-corrected chi connectivity index (χ4v) is 3.37. The predicted molar refractivity (Wildman–Crippen MR) is 77.6 cm³/mol. The topological polar surface area (TPSA) is 50.4 Å². The summed E-state index contributed by atoms with van der Waals surface area (Å²) in [6, 6.07) is 4.40. The van der Waals surface area contributed by atoms with E-state index < -0.39 is 0 Å². The molecule has 5 heteroatoms. The van der Waals surface area contributed by atoms with Crippen molar-refractivity contribution in [1.29, 1.82) is 0 Å². The number of hydrogen-bond donors (Lipinski definition) is 2. The van der Waals surface area contributed by atoms with E-state index >= 15 is 0 Å². The van der Waals surface area contributed by atoms with Crippen LogP contribution in [0.25, 0.3) is 0 Å². The smallest absolute Gasteiger partial charge is 0.315 e. The van der Waals surface area contributed by atoms with Crippen LogP contribution < -0.4 is 10.6 Å². The number of ether oxygens (including phenoxy) is 1. The number of methoxy groups -OCH3 is 1. The number of nitrogens with one attached hydrogen (secondary N) is 2. The molecule has 0 spiro atoms. The Labute approximate surface area is 118 Å². The van der Waals surface area contributed by atoms with Gasteiger partial charge in [-0.3, -0.25) is 0 Å². The van der Waals surface area contributed by atoms with Crippen LogP contribution in [0.5, 0.6) is 0 Å². The molecule has 0 aliphatic heterocycles. The van der Waals surface area contributed by atoms with Crippen molar-refractivity contribution in [1.82, 2.24) is 10.6 Å². The molecule has 1 fully saturated rings. The first-order chi connectivity index (χ1) is 9.19. The van der Waals surface area contributed by atoms with Gasteiger partial charge in [0, 0.05) is 22.9 Å². The van der Waals surface area contributed by atoms with E-state index in [0.717, 1.165) is 17.7 Å². The third kappa shape index (κ3) is 4.21. The fraction of sp³-hybridized carbons (Fsp3) is 0.643. The van der Waals surface area contributed by atoms with Gasteiger partial charge in [-0.05, 0) is 31.9 Å². The Morgan fingerprint density at radius 3 is 2.79 bits per heavy atom. The molecule has 4 nitrogen and oxygen atoms in total.